The van der Waals surface area contributed by atoms with Crippen molar-refractivity contribution in [2.45, 2.75) is 110 Å². The van der Waals surface area contributed by atoms with Gasteiger partial charge in [-0.15, -0.1) is 0 Å². The number of hydrogen-bond donors (Lipinski definition) is 3. The van der Waals surface area contributed by atoms with E-state index >= 15 is 0 Å². The van der Waals surface area contributed by atoms with Gasteiger partial charge in [-0.3, -0.25) is 14.5 Å². The second-order valence-corrected chi connectivity index (χ2v) is 16.5. The van der Waals surface area contributed by atoms with E-state index in [-0.39, 0.29) is 25.4 Å². The highest BCUT2D eigenvalue weighted by Gasteiger charge is 2.72. The lowest BCUT2D eigenvalue weighted by Crippen LogP contribution is -2.75. The second kappa shape index (κ2) is 13.4. The van der Waals surface area contributed by atoms with Crippen LogP contribution in [0, 0.1) is 28.1 Å². The first kappa shape index (κ1) is 37.1. The number of aliphatic hydroxyl groups excluding tert-OH is 2. The average molecular weight is 698 g/mol. The molecule has 3 aliphatic carbocycles. The molecule has 2 bridgehead atoms. The van der Waals surface area contributed by atoms with Gasteiger partial charge in [-0.1, -0.05) is 65.0 Å². The molecule has 50 heavy (non-hydrogen) atoms. The Hall–Kier alpha value is -2.67. The molecule has 1 unspecified atom stereocenters. The number of morpholine rings is 1. The summed E-state index contributed by atoms with van der Waals surface area (Å²) in [5.41, 5.74) is -3.00. The first-order chi connectivity index (χ1) is 23.5. The quantitative estimate of drug-likeness (QED) is 0.271. The van der Waals surface area contributed by atoms with E-state index < -0.39 is 81.7 Å². The van der Waals surface area contributed by atoms with Crippen molar-refractivity contribution in [3.63, 3.8) is 0 Å². The largest absolute Gasteiger partial charge is 0.455 e. The minimum absolute atomic E-state index is 0.00908. The second-order valence-electron chi connectivity index (χ2n) is 16.5. The molecule has 2 heterocycles. The molecular formula is C39H55NO10. The van der Waals surface area contributed by atoms with Gasteiger partial charge in [-0.05, 0) is 42.4 Å². The van der Waals surface area contributed by atoms with E-state index in [4.69, 9.17) is 18.9 Å². The number of esters is 2. The molecule has 6 rings (SSSR count). The van der Waals surface area contributed by atoms with Crippen molar-refractivity contribution < 1.29 is 48.7 Å². The fraction of sp³-hybridized carbons (Fsp3) is 0.718. The third kappa shape index (κ3) is 5.76. The third-order valence-electron chi connectivity index (χ3n) is 13.5. The molecule has 276 valence electrons. The molecule has 11 nitrogen and oxygen atoms in total. The van der Waals surface area contributed by atoms with Crippen LogP contribution in [0.25, 0.3) is 0 Å². The van der Waals surface area contributed by atoms with Gasteiger partial charge in [0.2, 0.25) is 6.10 Å². The molecule has 2 saturated heterocycles. The summed E-state index contributed by atoms with van der Waals surface area (Å²) < 4.78 is 23.4. The molecular weight excluding hydrogens is 642 g/mol. The number of ether oxygens (including phenoxy) is 4. The maximum Gasteiger partial charge on any atom is 0.348 e. The van der Waals surface area contributed by atoms with Crippen molar-refractivity contribution >= 4 is 17.7 Å². The maximum absolute atomic E-state index is 14.5. The Kier molecular flexibility index (Phi) is 9.93. The molecule has 0 spiro atoms. The summed E-state index contributed by atoms with van der Waals surface area (Å²) in [7, 11) is 0. The highest BCUT2D eigenvalue weighted by Crippen LogP contribution is 2.66. The van der Waals surface area contributed by atoms with Crippen molar-refractivity contribution in [3.05, 3.63) is 47.0 Å². The summed E-state index contributed by atoms with van der Waals surface area (Å²) >= 11 is 0. The molecule has 0 aromatic heterocycles. The predicted molar refractivity (Wildman–Crippen MR) is 183 cm³/mol. The Balaban J connectivity index is 1.33. The number of carbonyl (C=O) groups is 3. The average Bonchev–Trinajstić information content (AvgIpc) is 3.09. The lowest BCUT2D eigenvalue weighted by atomic mass is 9.40. The molecule has 1 aromatic rings. The van der Waals surface area contributed by atoms with Crippen LogP contribution in [0.5, 0.6) is 0 Å². The zero-order valence-corrected chi connectivity index (χ0v) is 30.5. The zero-order chi connectivity index (χ0) is 36.4. The highest BCUT2D eigenvalue weighted by molar-refractivity contribution is 5.93. The van der Waals surface area contributed by atoms with E-state index in [1.165, 1.54) is 0 Å². The SMILES string of the molecule is CC1=C2[C@@H](O)C(=O)[C@@]3(C)C([C@H](C)[C@](O)(C[C@@H]1OC(=O)[C@H](OC(=O)CCN1CCOCC1)[C@@H](C)c1ccccc1)C2(C)C)[C@]1(C)CO[C@@H]1C[C@@H]3O. The van der Waals surface area contributed by atoms with E-state index in [0.29, 0.717) is 50.6 Å². The Morgan fingerprint density at radius 3 is 2.36 bits per heavy atom. The normalized spacial score (nSPS) is 39.5. The lowest BCUT2D eigenvalue weighted by molar-refractivity contribution is -0.302. The standard InChI is InChI=1S/C39H55NO10/c1-22(25-11-9-8-10-12-25)32(50-29(42)13-14-40-15-17-47-18-16-40)35(45)49-26-20-39(46)24(3)33-37(6)21-48-28(37)19-27(41)38(33,7)34(44)31(43)30(23(26)2)36(39,4)5/h8-12,22,24,26-28,31-33,41,43,46H,13-21H2,1-7H3/t22-,24-,26-,27-,28+,31+,32+,33?,37+,38+,39+/m0/s1. The van der Waals surface area contributed by atoms with Crippen LogP contribution in [-0.4, -0.2) is 114 Å². The van der Waals surface area contributed by atoms with E-state index in [0.717, 1.165) is 5.56 Å². The van der Waals surface area contributed by atoms with Gasteiger partial charge in [0.05, 0.1) is 49.5 Å². The van der Waals surface area contributed by atoms with E-state index in [9.17, 15) is 29.7 Å². The number of nitrogens with zero attached hydrogens (tertiary/aromatic N) is 1. The topological polar surface area (TPSA) is 152 Å². The highest BCUT2D eigenvalue weighted by atomic mass is 16.6. The Labute approximate surface area is 295 Å². The molecule has 2 saturated carbocycles. The third-order valence-corrected chi connectivity index (χ3v) is 13.5. The molecule has 4 fully saturated rings. The minimum atomic E-state index is -1.65. The molecule has 11 atom stereocenters. The van der Waals surface area contributed by atoms with Gasteiger partial charge >= 0.3 is 11.9 Å². The molecule has 0 radical (unpaired) electrons. The molecule has 2 aliphatic heterocycles. The summed E-state index contributed by atoms with van der Waals surface area (Å²) in [6, 6.07) is 9.29. The number of Topliss-reactive ketones (excluding diaryl/α,β-unsaturated/α-hetero) is 1. The first-order valence-electron chi connectivity index (χ1n) is 18.2. The monoisotopic (exact) mass is 697 g/mol. The van der Waals surface area contributed by atoms with Crippen molar-refractivity contribution in [2.24, 2.45) is 28.1 Å². The number of hydrogen-bond acceptors (Lipinski definition) is 11. The number of rotatable bonds is 8. The summed E-state index contributed by atoms with van der Waals surface area (Å²) in [5.74, 6) is -3.47. The van der Waals surface area contributed by atoms with Gasteiger partial charge in [0.1, 0.15) is 12.2 Å². The molecule has 1 aromatic carbocycles. The van der Waals surface area contributed by atoms with Crippen molar-refractivity contribution in [3.8, 4) is 0 Å². The molecule has 5 aliphatic rings. The fourth-order valence-electron chi connectivity index (χ4n) is 10.3. The minimum Gasteiger partial charge on any atom is -0.455 e. The Bertz CT molecular complexity index is 1500. The molecule has 3 N–H and O–H groups in total. The van der Waals surface area contributed by atoms with Gasteiger partial charge < -0.3 is 34.3 Å². The number of carbonyl (C=O) groups excluding carboxylic acids is 3. The van der Waals surface area contributed by atoms with Gasteiger partial charge in [-0.2, -0.15) is 0 Å². The summed E-state index contributed by atoms with van der Waals surface area (Å²) in [6.45, 7) is 16.3. The van der Waals surface area contributed by atoms with Crippen LogP contribution in [0.4, 0.5) is 0 Å². The Morgan fingerprint density at radius 2 is 1.74 bits per heavy atom. The van der Waals surface area contributed by atoms with E-state index in [1.54, 1.807) is 20.8 Å². The summed E-state index contributed by atoms with van der Waals surface area (Å²) in [6.07, 6.45) is -4.97. The number of ketones is 1. The fourth-order valence-corrected chi connectivity index (χ4v) is 10.3. The summed E-state index contributed by atoms with van der Waals surface area (Å²) in [5, 5.41) is 36.5. The molecule has 0 amide bonds. The number of benzene rings is 1. The lowest BCUT2D eigenvalue weighted by Gasteiger charge is -2.68. The van der Waals surface area contributed by atoms with Crippen LogP contribution in [0.2, 0.25) is 0 Å². The van der Waals surface area contributed by atoms with Gasteiger partial charge in [0.15, 0.2) is 5.78 Å². The smallest absolute Gasteiger partial charge is 0.348 e. The molecule has 11 heteroatoms. The van der Waals surface area contributed by atoms with Crippen molar-refractivity contribution in [2.75, 3.05) is 39.5 Å². The maximum atomic E-state index is 14.5. The zero-order valence-electron chi connectivity index (χ0n) is 30.5. The van der Waals surface area contributed by atoms with Crippen LogP contribution in [-0.2, 0) is 33.3 Å². The van der Waals surface area contributed by atoms with E-state index in [2.05, 4.69) is 4.90 Å². The Morgan fingerprint density at radius 1 is 1.08 bits per heavy atom. The van der Waals surface area contributed by atoms with Crippen LogP contribution < -0.4 is 0 Å². The number of fused-ring (bicyclic) bond motifs is 5. The predicted octanol–water partition coefficient (Wildman–Crippen LogP) is 3.19. The van der Waals surface area contributed by atoms with Gasteiger partial charge in [0, 0.05) is 49.2 Å². The van der Waals surface area contributed by atoms with Crippen molar-refractivity contribution in [1.82, 2.24) is 4.90 Å². The van der Waals surface area contributed by atoms with Crippen LogP contribution >= 0.6 is 0 Å². The van der Waals surface area contributed by atoms with Crippen LogP contribution in [0.15, 0.2) is 41.5 Å². The van der Waals surface area contributed by atoms with Gasteiger partial charge in [0.25, 0.3) is 0 Å². The first-order valence-corrected chi connectivity index (χ1v) is 18.2. The van der Waals surface area contributed by atoms with Gasteiger partial charge in [-0.25, -0.2) is 4.79 Å². The number of aliphatic hydroxyl groups is 3. The van der Waals surface area contributed by atoms with Crippen molar-refractivity contribution in [1.29, 1.82) is 0 Å². The van der Waals surface area contributed by atoms with Crippen LogP contribution in [0.3, 0.4) is 0 Å². The van der Waals surface area contributed by atoms with E-state index in [1.807, 2.05) is 58.0 Å². The summed E-state index contributed by atoms with van der Waals surface area (Å²) in [4.78, 5) is 44.1. The van der Waals surface area contributed by atoms with Crippen LogP contribution in [0.1, 0.15) is 79.2 Å².